The van der Waals surface area contributed by atoms with Crippen molar-refractivity contribution in [2.45, 2.75) is 11.0 Å². The molecule has 0 amide bonds. The fourth-order valence-corrected chi connectivity index (χ4v) is 4.88. The molecule has 24 heavy (non-hydrogen) atoms. The van der Waals surface area contributed by atoms with Crippen molar-refractivity contribution in [2.75, 3.05) is 0 Å². The summed E-state index contributed by atoms with van der Waals surface area (Å²) in [5, 5.41) is 14.0. The molecule has 0 N–H and O–H groups in total. The molecule has 0 bridgehead atoms. The van der Waals surface area contributed by atoms with Gasteiger partial charge < -0.3 is 4.42 Å². The second-order valence-electron chi connectivity index (χ2n) is 4.76. The molecule has 0 aliphatic rings. The average molecular weight is 436 g/mol. The topological polar surface area (TPSA) is 51.8 Å². The van der Waals surface area contributed by atoms with E-state index in [2.05, 4.69) is 47.9 Å². The van der Waals surface area contributed by atoms with Crippen molar-refractivity contribution in [1.29, 1.82) is 0 Å². The van der Waals surface area contributed by atoms with E-state index in [1.807, 2.05) is 30.3 Å². The molecule has 0 unspecified atom stereocenters. The maximum atomic E-state index is 5.74. The standard InChI is InChI=1S/C16H10BrN3OS3/c17-12-5-2-1-4-11(12)14-19-20-16(21-14)24-9-10-8-23-15(18-10)13-6-3-7-22-13/h1-8H,9H2. The number of thiazole rings is 1. The van der Waals surface area contributed by atoms with Crippen LogP contribution in [0.4, 0.5) is 0 Å². The van der Waals surface area contributed by atoms with Crippen molar-refractivity contribution >= 4 is 50.4 Å². The molecule has 3 heterocycles. The van der Waals surface area contributed by atoms with E-state index in [-0.39, 0.29) is 0 Å². The zero-order chi connectivity index (χ0) is 16.4. The Kier molecular flexibility index (Phi) is 4.79. The van der Waals surface area contributed by atoms with Crippen LogP contribution in [0.1, 0.15) is 5.69 Å². The van der Waals surface area contributed by atoms with Crippen LogP contribution in [0.2, 0.25) is 0 Å². The van der Waals surface area contributed by atoms with Crippen molar-refractivity contribution in [3.05, 3.63) is 57.3 Å². The Labute approximate surface area is 159 Å². The van der Waals surface area contributed by atoms with Crippen LogP contribution in [0.25, 0.3) is 21.3 Å². The molecule has 0 fully saturated rings. The van der Waals surface area contributed by atoms with E-state index >= 15 is 0 Å². The minimum Gasteiger partial charge on any atom is -0.411 e. The molecule has 0 aliphatic carbocycles. The van der Waals surface area contributed by atoms with Gasteiger partial charge in [-0.3, -0.25) is 0 Å². The van der Waals surface area contributed by atoms with E-state index in [1.165, 1.54) is 16.6 Å². The summed E-state index contributed by atoms with van der Waals surface area (Å²) in [6, 6.07) is 11.9. The van der Waals surface area contributed by atoms with Crippen LogP contribution in [0.15, 0.2) is 61.3 Å². The number of benzene rings is 1. The van der Waals surface area contributed by atoms with Gasteiger partial charge in [0.1, 0.15) is 5.01 Å². The number of thioether (sulfide) groups is 1. The number of hydrogen-bond donors (Lipinski definition) is 0. The lowest BCUT2D eigenvalue weighted by Crippen LogP contribution is -1.81. The van der Waals surface area contributed by atoms with Crippen LogP contribution in [0.5, 0.6) is 0 Å². The first-order valence-electron chi connectivity index (χ1n) is 6.99. The molecule has 4 nitrogen and oxygen atoms in total. The molecule has 8 heteroatoms. The molecule has 0 atom stereocenters. The monoisotopic (exact) mass is 435 g/mol. The van der Waals surface area contributed by atoms with Gasteiger partial charge in [0.05, 0.1) is 16.1 Å². The van der Waals surface area contributed by atoms with E-state index in [4.69, 9.17) is 4.42 Å². The van der Waals surface area contributed by atoms with Gasteiger partial charge in [-0.2, -0.15) is 0 Å². The van der Waals surface area contributed by atoms with Gasteiger partial charge in [-0.05, 0) is 39.5 Å². The highest BCUT2D eigenvalue weighted by atomic mass is 79.9. The lowest BCUT2D eigenvalue weighted by atomic mass is 10.2. The first kappa shape index (κ1) is 16.0. The molecule has 3 aromatic heterocycles. The summed E-state index contributed by atoms with van der Waals surface area (Å²) in [6.07, 6.45) is 0. The first-order chi connectivity index (χ1) is 11.8. The van der Waals surface area contributed by atoms with Crippen LogP contribution in [0.3, 0.4) is 0 Å². The van der Waals surface area contributed by atoms with Gasteiger partial charge in [-0.25, -0.2) is 4.98 Å². The first-order valence-corrected chi connectivity index (χ1v) is 10.5. The number of thiophene rings is 1. The van der Waals surface area contributed by atoms with Crippen LogP contribution < -0.4 is 0 Å². The fraction of sp³-hybridized carbons (Fsp3) is 0.0625. The van der Waals surface area contributed by atoms with E-state index in [0.29, 0.717) is 16.9 Å². The highest BCUT2D eigenvalue weighted by molar-refractivity contribution is 9.10. The van der Waals surface area contributed by atoms with E-state index < -0.39 is 0 Å². The normalized spacial score (nSPS) is 11.0. The number of halogens is 1. The quantitative estimate of drug-likeness (QED) is 0.361. The highest BCUT2D eigenvalue weighted by Gasteiger charge is 2.13. The summed E-state index contributed by atoms with van der Waals surface area (Å²) < 4.78 is 6.68. The Morgan fingerprint density at radius 1 is 1.08 bits per heavy atom. The summed E-state index contributed by atoms with van der Waals surface area (Å²) in [5.41, 5.74) is 1.92. The molecule has 0 saturated heterocycles. The maximum absolute atomic E-state index is 5.74. The van der Waals surface area contributed by atoms with Crippen LogP contribution in [-0.2, 0) is 5.75 Å². The van der Waals surface area contributed by atoms with Gasteiger partial charge in [0.2, 0.25) is 5.89 Å². The molecular formula is C16H10BrN3OS3. The molecular weight excluding hydrogens is 426 g/mol. The third-order valence-corrected chi connectivity index (χ3v) is 6.61. The molecule has 1 aromatic carbocycles. The highest BCUT2D eigenvalue weighted by Crippen LogP contribution is 2.32. The summed E-state index contributed by atoms with van der Waals surface area (Å²) >= 11 is 8.36. The maximum Gasteiger partial charge on any atom is 0.277 e. The summed E-state index contributed by atoms with van der Waals surface area (Å²) in [4.78, 5) is 5.86. The van der Waals surface area contributed by atoms with Crippen LogP contribution in [-0.4, -0.2) is 15.2 Å². The van der Waals surface area contributed by atoms with Crippen molar-refractivity contribution in [3.63, 3.8) is 0 Å². The number of nitrogens with zero attached hydrogens (tertiary/aromatic N) is 3. The SMILES string of the molecule is Brc1ccccc1-c1nnc(SCc2csc(-c3cccs3)n2)o1. The fourth-order valence-electron chi connectivity index (χ4n) is 2.03. The molecule has 120 valence electrons. The Balaban J connectivity index is 1.45. The molecule has 0 saturated carbocycles. The second kappa shape index (κ2) is 7.18. The number of rotatable bonds is 5. The Hall–Kier alpha value is -1.48. The molecule has 4 rings (SSSR count). The van der Waals surface area contributed by atoms with E-state index in [0.717, 1.165) is 20.7 Å². The molecule has 4 aromatic rings. The zero-order valence-corrected chi connectivity index (χ0v) is 16.2. The third-order valence-electron chi connectivity index (χ3n) is 3.14. The number of aromatic nitrogens is 3. The Morgan fingerprint density at radius 2 is 2.00 bits per heavy atom. The average Bonchev–Trinajstić information content (AvgIpc) is 3.34. The minimum atomic E-state index is 0.516. The number of hydrogen-bond acceptors (Lipinski definition) is 7. The van der Waals surface area contributed by atoms with Gasteiger partial charge in [0, 0.05) is 15.6 Å². The lowest BCUT2D eigenvalue weighted by molar-refractivity contribution is 0.465. The van der Waals surface area contributed by atoms with Crippen molar-refractivity contribution in [3.8, 4) is 21.3 Å². The predicted molar refractivity (Wildman–Crippen MR) is 102 cm³/mol. The van der Waals surface area contributed by atoms with Gasteiger partial charge >= 0.3 is 0 Å². The molecule has 0 spiro atoms. The zero-order valence-electron chi connectivity index (χ0n) is 12.2. The third kappa shape index (κ3) is 3.46. The van der Waals surface area contributed by atoms with Crippen molar-refractivity contribution in [2.24, 2.45) is 0 Å². The van der Waals surface area contributed by atoms with Gasteiger partial charge in [-0.1, -0.05) is 30.0 Å². The summed E-state index contributed by atoms with van der Waals surface area (Å²) in [6.45, 7) is 0. The summed E-state index contributed by atoms with van der Waals surface area (Å²) in [7, 11) is 0. The predicted octanol–water partition coefficient (Wildman–Crippen LogP) is 5.98. The molecule has 0 radical (unpaired) electrons. The van der Waals surface area contributed by atoms with E-state index in [9.17, 15) is 0 Å². The lowest BCUT2D eigenvalue weighted by Gasteiger charge is -1.97. The summed E-state index contributed by atoms with van der Waals surface area (Å²) in [5.74, 6) is 1.22. The van der Waals surface area contributed by atoms with Crippen molar-refractivity contribution in [1.82, 2.24) is 15.2 Å². The second-order valence-corrected chi connectivity index (χ2v) is 8.35. The van der Waals surface area contributed by atoms with Crippen LogP contribution >= 0.6 is 50.4 Å². The Morgan fingerprint density at radius 3 is 2.83 bits per heavy atom. The van der Waals surface area contributed by atoms with Crippen LogP contribution in [0, 0.1) is 0 Å². The van der Waals surface area contributed by atoms with Gasteiger partial charge in [0.15, 0.2) is 0 Å². The van der Waals surface area contributed by atoms with Crippen molar-refractivity contribution < 1.29 is 4.42 Å². The smallest absolute Gasteiger partial charge is 0.277 e. The van der Waals surface area contributed by atoms with Gasteiger partial charge in [-0.15, -0.1) is 32.9 Å². The van der Waals surface area contributed by atoms with Gasteiger partial charge in [0.25, 0.3) is 5.22 Å². The van der Waals surface area contributed by atoms with E-state index in [1.54, 1.807) is 22.7 Å². The molecule has 0 aliphatic heterocycles. The largest absolute Gasteiger partial charge is 0.411 e. The Bertz CT molecular complexity index is 949. The minimum absolute atomic E-state index is 0.516.